The van der Waals surface area contributed by atoms with Gasteiger partial charge in [-0.05, 0) is 40.2 Å². The second-order valence-electron chi connectivity index (χ2n) is 3.88. The first kappa shape index (κ1) is 16.3. The van der Waals surface area contributed by atoms with E-state index in [0.29, 0.717) is 15.2 Å². The summed E-state index contributed by atoms with van der Waals surface area (Å²) in [6.45, 7) is 0. The van der Waals surface area contributed by atoms with E-state index in [1.807, 2.05) is 0 Å². The van der Waals surface area contributed by atoms with Crippen LogP contribution in [0.1, 0.15) is 0 Å². The third-order valence-corrected chi connectivity index (χ3v) is 5.29. The monoisotopic (exact) mass is 410 g/mol. The number of rotatable bonds is 4. The van der Waals surface area contributed by atoms with Gasteiger partial charge in [0.05, 0.1) is 15.7 Å². The van der Waals surface area contributed by atoms with Gasteiger partial charge in [0.2, 0.25) is 0 Å². The molecule has 2 aromatic rings. The lowest BCUT2D eigenvalue weighted by Crippen LogP contribution is -2.15. The molecule has 0 saturated carbocycles. The van der Waals surface area contributed by atoms with Crippen LogP contribution >= 0.6 is 39.1 Å². The number of benzene rings is 1. The minimum atomic E-state index is -3.82. The largest absolute Gasteiger partial charge is 0.307 e. The molecule has 0 radical (unpaired) electrons. The maximum absolute atomic E-state index is 12.2. The fourth-order valence-electron chi connectivity index (χ4n) is 1.45. The van der Waals surface area contributed by atoms with Crippen LogP contribution in [-0.4, -0.2) is 13.4 Å². The lowest BCUT2D eigenvalue weighted by atomic mass is 10.3. The molecule has 0 spiro atoms. The van der Waals surface area contributed by atoms with Gasteiger partial charge in [0.25, 0.3) is 10.0 Å². The summed E-state index contributed by atoms with van der Waals surface area (Å²) in [7, 11) is -3.82. The maximum Gasteiger partial charge on any atom is 0.263 e. The fourth-order valence-corrected chi connectivity index (χ4v) is 3.25. The number of nitrogens with two attached hydrogens (primary N) is 1. The first-order valence-electron chi connectivity index (χ1n) is 5.43. The Bertz CT molecular complexity index is 786. The second-order valence-corrected chi connectivity index (χ2v) is 7.23. The summed E-state index contributed by atoms with van der Waals surface area (Å²) in [4.78, 5) is 3.73. The van der Waals surface area contributed by atoms with Gasteiger partial charge in [-0.1, -0.05) is 23.2 Å². The minimum absolute atomic E-state index is 0.0856. The van der Waals surface area contributed by atoms with Gasteiger partial charge in [0.15, 0.2) is 5.82 Å². The van der Waals surface area contributed by atoms with Crippen molar-refractivity contribution < 1.29 is 8.42 Å². The number of nitrogens with one attached hydrogen (secondary N) is 2. The van der Waals surface area contributed by atoms with Crippen LogP contribution in [0.4, 0.5) is 11.5 Å². The van der Waals surface area contributed by atoms with Crippen LogP contribution in [-0.2, 0) is 10.0 Å². The topological polar surface area (TPSA) is 97.1 Å². The lowest BCUT2D eigenvalue weighted by molar-refractivity contribution is 0.601. The highest BCUT2D eigenvalue weighted by atomic mass is 79.9. The zero-order valence-electron chi connectivity index (χ0n) is 10.3. The zero-order valence-corrected chi connectivity index (χ0v) is 14.2. The predicted molar refractivity (Wildman–Crippen MR) is 87.0 cm³/mol. The smallest absolute Gasteiger partial charge is 0.263 e. The number of halogens is 3. The van der Waals surface area contributed by atoms with Gasteiger partial charge in [0, 0.05) is 10.7 Å². The molecular weight excluding hydrogens is 403 g/mol. The highest BCUT2D eigenvalue weighted by Crippen LogP contribution is 2.28. The van der Waals surface area contributed by atoms with E-state index in [0.717, 1.165) is 6.20 Å². The first-order chi connectivity index (χ1) is 9.83. The Balaban J connectivity index is 2.33. The molecule has 10 heteroatoms. The van der Waals surface area contributed by atoms with E-state index in [4.69, 9.17) is 29.0 Å². The van der Waals surface area contributed by atoms with Crippen LogP contribution < -0.4 is 16.0 Å². The zero-order chi connectivity index (χ0) is 15.6. The van der Waals surface area contributed by atoms with E-state index in [-0.39, 0.29) is 15.7 Å². The highest BCUT2D eigenvalue weighted by molar-refractivity contribution is 9.10. The Hall–Kier alpha value is -1.06. The van der Waals surface area contributed by atoms with Crippen molar-refractivity contribution in [3.05, 3.63) is 45.0 Å². The second kappa shape index (κ2) is 6.37. The van der Waals surface area contributed by atoms with Crippen LogP contribution in [0.25, 0.3) is 0 Å². The molecule has 0 fully saturated rings. The fraction of sp³-hybridized carbons (Fsp3) is 0. The van der Waals surface area contributed by atoms with Crippen molar-refractivity contribution >= 4 is 60.7 Å². The number of nitrogens with zero attached hydrogens (tertiary/aromatic N) is 1. The molecule has 1 aromatic carbocycles. The molecule has 21 heavy (non-hydrogen) atoms. The van der Waals surface area contributed by atoms with Crippen molar-refractivity contribution in [3.63, 3.8) is 0 Å². The van der Waals surface area contributed by atoms with Gasteiger partial charge in [0.1, 0.15) is 4.90 Å². The molecule has 2 rings (SSSR count). The highest BCUT2D eigenvalue weighted by Gasteiger charge is 2.17. The van der Waals surface area contributed by atoms with Gasteiger partial charge >= 0.3 is 0 Å². The third-order valence-electron chi connectivity index (χ3n) is 2.43. The van der Waals surface area contributed by atoms with Crippen molar-refractivity contribution in [2.24, 2.45) is 5.84 Å². The Kier molecular flexibility index (Phi) is 4.95. The Labute approximate surface area is 139 Å². The molecule has 112 valence electrons. The van der Waals surface area contributed by atoms with Gasteiger partial charge in [-0.15, -0.1) is 0 Å². The number of hydrogen-bond acceptors (Lipinski definition) is 5. The number of hydrazine groups is 1. The summed E-state index contributed by atoms with van der Waals surface area (Å²) in [5.41, 5.74) is 2.61. The molecule has 0 atom stereocenters. The van der Waals surface area contributed by atoms with E-state index < -0.39 is 10.0 Å². The van der Waals surface area contributed by atoms with Crippen LogP contribution in [0.5, 0.6) is 0 Å². The molecule has 0 bridgehead atoms. The van der Waals surface area contributed by atoms with E-state index in [9.17, 15) is 8.42 Å². The van der Waals surface area contributed by atoms with Gasteiger partial charge in [-0.25, -0.2) is 19.2 Å². The Morgan fingerprint density at radius 2 is 1.90 bits per heavy atom. The average molecular weight is 412 g/mol. The summed E-state index contributed by atoms with van der Waals surface area (Å²) in [5, 5.41) is 0.568. The van der Waals surface area contributed by atoms with Crippen LogP contribution in [0, 0.1) is 0 Å². The first-order valence-corrected chi connectivity index (χ1v) is 8.47. The molecule has 4 N–H and O–H groups in total. The molecule has 0 aliphatic heterocycles. The summed E-state index contributed by atoms with van der Waals surface area (Å²) in [5.74, 6) is 5.37. The van der Waals surface area contributed by atoms with E-state index in [1.165, 1.54) is 12.1 Å². The van der Waals surface area contributed by atoms with Gasteiger partial charge in [-0.2, -0.15) is 0 Å². The Morgan fingerprint density at radius 3 is 2.48 bits per heavy atom. The summed E-state index contributed by atoms with van der Waals surface area (Å²) in [6, 6.07) is 5.90. The van der Waals surface area contributed by atoms with Crippen LogP contribution in [0.2, 0.25) is 10.0 Å². The predicted octanol–water partition coefficient (Wildman–Crippen LogP) is 3.24. The lowest BCUT2D eigenvalue weighted by Gasteiger charge is -2.10. The van der Waals surface area contributed by atoms with Crippen molar-refractivity contribution in [2.75, 3.05) is 10.1 Å². The molecule has 1 aromatic heterocycles. The quantitative estimate of drug-likeness (QED) is 0.530. The number of aromatic nitrogens is 1. The molecule has 0 saturated heterocycles. The van der Waals surface area contributed by atoms with Crippen molar-refractivity contribution in [1.82, 2.24) is 4.98 Å². The van der Waals surface area contributed by atoms with Crippen molar-refractivity contribution in [3.8, 4) is 0 Å². The maximum atomic E-state index is 12.2. The summed E-state index contributed by atoms with van der Waals surface area (Å²) >= 11 is 14.9. The number of anilines is 2. The molecule has 1 heterocycles. The minimum Gasteiger partial charge on any atom is -0.307 e. The number of nitrogen functional groups attached to an aromatic ring is 1. The number of hydrogen-bond donors (Lipinski definition) is 3. The Morgan fingerprint density at radius 1 is 1.19 bits per heavy atom. The summed E-state index contributed by atoms with van der Waals surface area (Å²) < 4.78 is 27.5. The van der Waals surface area contributed by atoms with Crippen LogP contribution in [0.3, 0.4) is 0 Å². The molecule has 6 nitrogen and oxygen atoms in total. The molecule has 0 aliphatic carbocycles. The normalized spacial score (nSPS) is 11.2. The number of sulfonamides is 1. The van der Waals surface area contributed by atoms with E-state index in [2.05, 4.69) is 31.1 Å². The molecule has 0 amide bonds. The average Bonchev–Trinajstić information content (AvgIpc) is 2.42. The third kappa shape index (κ3) is 3.78. The van der Waals surface area contributed by atoms with Crippen molar-refractivity contribution in [2.45, 2.75) is 4.90 Å². The molecule has 0 aliphatic rings. The molecular formula is C11H9BrCl2N4O2S. The van der Waals surface area contributed by atoms with Gasteiger partial charge in [-0.3, -0.25) is 4.72 Å². The van der Waals surface area contributed by atoms with Gasteiger partial charge < -0.3 is 5.43 Å². The summed E-state index contributed by atoms with van der Waals surface area (Å²) in [6.07, 6.45) is 1.15. The number of pyridine rings is 1. The molecule has 0 unspecified atom stereocenters. The van der Waals surface area contributed by atoms with Crippen molar-refractivity contribution in [1.29, 1.82) is 0 Å². The SMILES string of the molecule is NNc1ncc(S(=O)(=O)Nc2ccc(Cl)c(Br)c2)cc1Cl. The van der Waals surface area contributed by atoms with Crippen LogP contribution in [0.15, 0.2) is 39.8 Å². The van der Waals surface area contributed by atoms with E-state index >= 15 is 0 Å². The standard InChI is InChI=1S/C11H9BrCl2N4O2S/c12-8-3-6(1-2-9(8)13)18-21(19,20)7-4-10(14)11(17-15)16-5-7/h1-5,18H,15H2,(H,16,17). The van der Waals surface area contributed by atoms with E-state index in [1.54, 1.807) is 12.1 Å².